The molecule has 0 radical (unpaired) electrons. The molecular weight excluding hydrogens is 686 g/mol. The van der Waals surface area contributed by atoms with Gasteiger partial charge in [-0.05, 0) is 6.42 Å². The number of amides is 1. The Morgan fingerprint density at radius 2 is 0.769 bits per heavy atom. The van der Waals surface area contributed by atoms with Crippen LogP contribution >= 0.6 is 0 Å². The highest BCUT2D eigenvalue weighted by Crippen LogP contribution is 2.10. The van der Waals surface area contributed by atoms with Crippen molar-refractivity contribution in [2.24, 2.45) is 0 Å². The number of hydrogen-bond acceptors (Lipinski definition) is 14. The van der Waals surface area contributed by atoms with Crippen LogP contribution in [-0.2, 0) is 66.5 Å². The maximum Gasteiger partial charge on any atom is 0.329 e. The SMILES string of the molecule is CCCCCCCCCCCC(=O)OCCOCCOCCOCCOCCOCCOCCOCCOCCOCCNC(=O)COCC(=O)O. The summed E-state index contributed by atoms with van der Waals surface area (Å²) in [4.78, 5) is 33.4. The highest BCUT2D eigenvalue weighted by Gasteiger charge is 2.04. The smallest absolute Gasteiger partial charge is 0.329 e. The highest BCUT2D eigenvalue weighted by atomic mass is 16.6. The van der Waals surface area contributed by atoms with E-state index in [1.54, 1.807) is 0 Å². The lowest BCUT2D eigenvalue weighted by atomic mass is 10.1. The van der Waals surface area contributed by atoms with Crippen LogP contribution in [0.1, 0.15) is 71.1 Å². The highest BCUT2D eigenvalue weighted by molar-refractivity contribution is 5.77. The number of aliphatic carboxylic acids is 1. The van der Waals surface area contributed by atoms with Crippen molar-refractivity contribution in [2.45, 2.75) is 71.1 Å². The molecule has 0 atom stereocenters. The number of ether oxygens (including phenoxy) is 11. The lowest BCUT2D eigenvalue weighted by molar-refractivity contribution is -0.146. The minimum absolute atomic E-state index is 0.146. The van der Waals surface area contributed by atoms with Gasteiger partial charge in [0.15, 0.2) is 0 Å². The topological polar surface area (TPSA) is 185 Å². The second kappa shape index (κ2) is 43.4. The molecule has 16 heteroatoms. The van der Waals surface area contributed by atoms with Crippen molar-refractivity contribution in [3.63, 3.8) is 0 Å². The van der Waals surface area contributed by atoms with Crippen LogP contribution in [0.5, 0.6) is 0 Å². The van der Waals surface area contributed by atoms with Gasteiger partial charge in [-0.1, -0.05) is 58.3 Å². The maximum absolute atomic E-state index is 11.8. The lowest BCUT2D eigenvalue weighted by Crippen LogP contribution is -2.31. The number of unbranched alkanes of at least 4 members (excludes halogenated alkanes) is 8. The van der Waals surface area contributed by atoms with E-state index in [4.69, 9.17) is 52.5 Å². The van der Waals surface area contributed by atoms with Crippen LogP contribution < -0.4 is 5.32 Å². The first-order chi connectivity index (χ1) is 25.6. The van der Waals surface area contributed by atoms with Crippen LogP contribution in [0.15, 0.2) is 0 Å². The molecule has 0 aliphatic heterocycles. The summed E-state index contributed by atoms with van der Waals surface area (Å²) in [5.41, 5.74) is 0. The predicted molar refractivity (Wildman–Crippen MR) is 192 cm³/mol. The summed E-state index contributed by atoms with van der Waals surface area (Å²) in [7, 11) is 0. The molecule has 2 N–H and O–H groups in total. The summed E-state index contributed by atoms with van der Waals surface area (Å²) in [6.45, 7) is 9.92. The van der Waals surface area contributed by atoms with Gasteiger partial charge < -0.3 is 62.5 Å². The van der Waals surface area contributed by atoms with E-state index in [-0.39, 0.29) is 19.2 Å². The molecule has 0 aliphatic rings. The second-order valence-electron chi connectivity index (χ2n) is 11.5. The van der Waals surface area contributed by atoms with E-state index in [0.29, 0.717) is 132 Å². The Labute approximate surface area is 311 Å². The van der Waals surface area contributed by atoms with Crippen LogP contribution in [0.25, 0.3) is 0 Å². The molecule has 0 unspecified atom stereocenters. The van der Waals surface area contributed by atoms with Gasteiger partial charge in [0.1, 0.15) is 19.8 Å². The Bertz CT molecular complexity index is 778. The minimum Gasteiger partial charge on any atom is -0.480 e. The summed E-state index contributed by atoms with van der Waals surface area (Å²) in [6, 6.07) is 0. The van der Waals surface area contributed by atoms with Gasteiger partial charge in [0.2, 0.25) is 5.91 Å². The van der Waals surface area contributed by atoms with Crippen LogP contribution in [0.4, 0.5) is 0 Å². The molecule has 0 fully saturated rings. The molecule has 0 heterocycles. The fourth-order valence-electron chi connectivity index (χ4n) is 4.27. The Balaban J connectivity index is 3.14. The molecule has 0 spiro atoms. The summed E-state index contributed by atoms with van der Waals surface area (Å²) in [5, 5.41) is 11.0. The Hall–Kier alpha value is -1.99. The number of carbonyl (C=O) groups excluding carboxylic acids is 2. The van der Waals surface area contributed by atoms with Crippen LogP contribution in [0.2, 0.25) is 0 Å². The Morgan fingerprint density at radius 3 is 1.15 bits per heavy atom. The molecular formula is C36H69NO15. The van der Waals surface area contributed by atoms with Crippen LogP contribution in [0, 0.1) is 0 Å². The Morgan fingerprint density at radius 1 is 0.423 bits per heavy atom. The third kappa shape index (κ3) is 44.2. The average Bonchev–Trinajstić information content (AvgIpc) is 3.13. The summed E-state index contributed by atoms with van der Waals surface area (Å²) in [5.74, 6) is -1.67. The normalized spacial score (nSPS) is 11.2. The van der Waals surface area contributed by atoms with Crippen molar-refractivity contribution in [3.05, 3.63) is 0 Å². The maximum atomic E-state index is 11.8. The molecule has 308 valence electrons. The van der Waals surface area contributed by atoms with Crippen molar-refractivity contribution >= 4 is 17.8 Å². The number of esters is 1. The van der Waals surface area contributed by atoms with Crippen LogP contribution in [-0.4, -0.2) is 168 Å². The molecule has 0 bridgehead atoms. The first kappa shape index (κ1) is 50.0. The number of carboxylic acids is 1. The molecule has 0 rings (SSSR count). The number of nitrogens with one attached hydrogen (secondary N) is 1. The third-order valence-electron chi connectivity index (χ3n) is 6.98. The largest absolute Gasteiger partial charge is 0.480 e. The van der Waals surface area contributed by atoms with Gasteiger partial charge in [-0.2, -0.15) is 0 Å². The molecule has 0 aromatic carbocycles. The van der Waals surface area contributed by atoms with E-state index in [9.17, 15) is 14.4 Å². The quantitative estimate of drug-likeness (QED) is 0.0683. The zero-order valence-corrected chi connectivity index (χ0v) is 31.8. The van der Waals surface area contributed by atoms with Crippen molar-refractivity contribution in [2.75, 3.05) is 145 Å². The number of rotatable bonds is 44. The van der Waals surface area contributed by atoms with Crippen molar-refractivity contribution in [3.8, 4) is 0 Å². The van der Waals surface area contributed by atoms with Gasteiger partial charge in [0.05, 0.1) is 119 Å². The van der Waals surface area contributed by atoms with Crippen molar-refractivity contribution in [1.29, 1.82) is 0 Å². The van der Waals surface area contributed by atoms with Gasteiger partial charge in [-0.25, -0.2) is 4.79 Å². The third-order valence-corrected chi connectivity index (χ3v) is 6.98. The van der Waals surface area contributed by atoms with Crippen LogP contribution in [0.3, 0.4) is 0 Å². The van der Waals surface area contributed by atoms with E-state index in [2.05, 4.69) is 17.0 Å². The number of carboxylic acid groups (broad SMARTS) is 1. The molecule has 0 aromatic rings. The van der Waals surface area contributed by atoms with Gasteiger partial charge in [-0.15, -0.1) is 0 Å². The first-order valence-corrected chi connectivity index (χ1v) is 19.0. The first-order valence-electron chi connectivity index (χ1n) is 19.0. The molecule has 0 aromatic heterocycles. The van der Waals surface area contributed by atoms with Gasteiger partial charge in [-0.3, -0.25) is 9.59 Å². The predicted octanol–water partition coefficient (Wildman–Crippen LogP) is 2.82. The number of carbonyl (C=O) groups is 3. The molecule has 52 heavy (non-hydrogen) atoms. The molecule has 0 saturated heterocycles. The Kier molecular flexibility index (Phi) is 41.8. The van der Waals surface area contributed by atoms with Crippen molar-refractivity contribution in [1.82, 2.24) is 5.32 Å². The standard InChI is InChI=1S/C36H69NO15/c1-2-3-4-5-6-7-8-9-10-11-36(41)52-31-30-50-29-28-49-27-26-48-25-24-47-23-22-46-21-20-45-19-18-44-17-16-43-15-14-42-13-12-37-34(38)32-51-33-35(39)40/h2-33H2,1H3,(H,37,38)(H,39,40). The van der Waals surface area contributed by atoms with Gasteiger partial charge >= 0.3 is 11.9 Å². The lowest BCUT2D eigenvalue weighted by Gasteiger charge is -2.09. The summed E-state index contributed by atoms with van der Waals surface area (Å²) in [6.07, 6.45) is 11.5. The van der Waals surface area contributed by atoms with E-state index in [1.165, 1.54) is 44.9 Å². The average molecular weight is 756 g/mol. The monoisotopic (exact) mass is 755 g/mol. The summed E-state index contributed by atoms with van der Waals surface area (Å²) >= 11 is 0. The van der Waals surface area contributed by atoms with E-state index < -0.39 is 18.5 Å². The molecule has 1 amide bonds. The number of hydrogen-bond donors (Lipinski definition) is 2. The fourth-order valence-corrected chi connectivity index (χ4v) is 4.27. The second-order valence-corrected chi connectivity index (χ2v) is 11.5. The van der Waals surface area contributed by atoms with E-state index >= 15 is 0 Å². The summed E-state index contributed by atoms with van der Waals surface area (Å²) < 4.78 is 58.8. The zero-order valence-electron chi connectivity index (χ0n) is 31.8. The minimum atomic E-state index is -1.12. The fraction of sp³-hybridized carbons (Fsp3) is 0.917. The van der Waals surface area contributed by atoms with E-state index in [0.717, 1.165) is 12.8 Å². The molecule has 0 saturated carbocycles. The van der Waals surface area contributed by atoms with Gasteiger partial charge in [0, 0.05) is 13.0 Å². The van der Waals surface area contributed by atoms with Gasteiger partial charge in [0.25, 0.3) is 0 Å². The van der Waals surface area contributed by atoms with Crippen molar-refractivity contribution < 1.29 is 71.6 Å². The molecule has 0 aliphatic carbocycles. The molecule has 16 nitrogen and oxygen atoms in total. The van der Waals surface area contributed by atoms with E-state index in [1.807, 2.05) is 0 Å². The zero-order chi connectivity index (χ0) is 37.8.